The molecule has 0 saturated carbocycles. The van der Waals surface area contributed by atoms with Gasteiger partial charge in [0.25, 0.3) is 0 Å². The van der Waals surface area contributed by atoms with Gasteiger partial charge in [0.2, 0.25) is 5.95 Å². The van der Waals surface area contributed by atoms with Gasteiger partial charge in [-0.2, -0.15) is 10.1 Å². The summed E-state index contributed by atoms with van der Waals surface area (Å²) in [4.78, 5) is 8.65. The molecule has 0 aliphatic rings. The molecule has 0 atom stereocenters. The van der Waals surface area contributed by atoms with E-state index in [1.165, 1.54) is 0 Å². The molecule has 1 aromatic carbocycles. The Morgan fingerprint density at radius 2 is 2.14 bits per heavy atom. The molecular formula is C15H14ClN5. The fraction of sp³-hybridized carbons (Fsp3) is 0.133. The van der Waals surface area contributed by atoms with Crippen LogP contribution in [0.4, 0.5) is 5.95 Å². The van der Waals surface area contributed by atoms with Gasteiger partial charge in [0, 0.05) is 30.0 Å². The standard InChI is InChI=1S/C15H14ClN5/c1-11-6-8-21(20-11)14-5-7-17-15(19-14)18-10-12-3-2-4-13(16)9-12/h2-9H,10H2,1H3,(H,17,18,19). The zero-order chi connectivity index (χ0) is 14.7. The first-order valence-corrected chi connectivity index (χ1v) is 6.92. The molecule has 2 heterocycles. The van der Waals surface area contributed by atoms with Gasteiger partial charge in [-0.3, -0.25) is 0 Å². The monoisotopic (exact) mass is 299 g/mol. The maximum Gasteiger partial charge on any atom is 0.224 e. The number of anilines is 1. The summed E-state index contributed by atoms with van der Waals surface area (Å²) in [5.74, 6) is 1.28. The van der Waals surface area contributed by atoms with Crippen molar-refractivity contribution >= 4 is 17.5 Å². The molecule has 0 bridgehead atoms. The molecule has 0 aliphatic carbocycles. The minimum atomic E-state index is 0.556. The third-order valence-electron chi connectivity index (χ3n) is 2.94. The quantitative estimate of drug-likeness (QED) is 0.803. The minimum Gasteiger partial charge on any atom is -0.350 e. The van der Waals surface area contributed by atoms with Crippen molar-refractivity contribution in [3.63, 3.8) is 0 Å². The van der Waals surface area contributed by atoms with E-state index in [4.69, 9.17) is 11.6 Å². The van der Waals surface area contributed by atoms with Crippen molar-refractivity contribution in [3.05, 3.63) is 65.1 Å². The third kappa shape index (κ3) is 3.38. The summed E-state index contributed by atoms with van der Waals surface area (Å²) >= 11 is 5.96. The summed E-state index contributed by atoms with van der Waals surface area (Å²) in [6.45, 7) is 2.55. The van der Waals surface area contributed by atoms with Gasteiger partial charge in [-0.15, -0.1) is 0 Å². The molecule has 0 radical (unpaired) electrons. The molecule has 21 heavy (non-hydrogen) atoms. The Balaban J connectivity index is 1.74. The van der Waals surface area contributed by atoms with Crippen LogP contribution >= 0.6 is 11.6 Å². The van der Waals surface area contributed by atoms with Crippen LogP contribution in [0.2, 0.25) is 5.02 Å². The average Bonchev–Trinajstić information content (AvgIpc) is 2.92. The van der Waals surface area contributed by atoms with Gasteiger partial charge in [-0.25, -0.2) is 9.67 Å². The Kier molecular flexibility index (Phi) is 3.83. The van der Waals surface area contributed by atoms with Gasteiger partial charge in [0.1, 0.15) is 0 Å². The predicted octanol–water partition coefficient (Wildman–Crippen LogP) is 3.24. The predicted molar refractivity (Wildman–Crippen MR) is 82.7 cm³/mol. The highest BCUT2D eigenvalue weighted by atomic mass is 35.5. The maximum absolute atomic E-state index is 5.96. The van der Waals surface area contributed by atoms with Crippen LogP contribution in [-0.4, -0.2) is 19.7 Å². The molecule has 3 aromatic rings. The molecule has 0 aliphatic heterocycles. The summed E-state index contributed by atoms with van der Waals surface area (Å²) in [7, 11) is 0. The Labute approximate surface area is 127 Å². The second kappa shape index (κ2) is 5.93. The molecular weight excluding hydrogens is 286 g/mol. The zero-order valence-electron chi connectivity index (χ0n) is 11.5. The number of hydrogen-bond acceptors (Lipinski definition) is 4. The number of nitrogens with one attached hydrogen (secondary N) is 1. The molecule has 6 heteroatoms. The summed E-state index contributed by atoms with van der Waals surface area (Å²) in [6.07, 6.45) is 3.58. The van der Waals surface area contributed by atoms with Crippen LogP contribution in [0.3, 0.4) is 0 Å². The van der Waals surface area contributed by atoms with Crippen molar-refractivity contribution in [2.24, 2.45) is 0 Å². The van der Waals surface area contributed by atoms with Crippen LogP contribution in [0, 0.1) is 6.92 Å². The highest BCUT2D eigenvalue weighted by Gasteiger charge is 2.03. The van der Waals surface area contributed by atoms with E-state index >= 15 is 0 Å². The maximum atomic E-state index is 5.96. The van der Waals surface area contributed by atoms with Gasteiger partial charge in [0.05, 0.1) is 5.69 Å². The first-order chi connectivity index (χ1) is 10.2. The Bertz CT molecular complexity index is 753. The molecule has 0 unspecified atom stereocenters. The SMILES string of the molecule is Cc1ccn(-c2ccnc(NCc3cccc(Cl)c3)n2)n1. The van der Waals surface area contributed by atoms with E-state index in [2.05, 4.69) is 20.4 Å². The highest BCUT2D eigenvalue weighted by Crippen LogP contribution is 2.12. The summed E-state index contributed by atoms with van der Waals surface area (Å²) in [5.41, 5.74) is 2.02. The fourth-order valence-corrected chi connectivity index (χ4v) is 2.15. The number of rotatable bonds is 4. The van der Waals surface area contributed by atoms with E-state index in [1.54, 1.807) is 10.9 Å². The van der Waals surface area contributed by atoms with Crippen molar-refractivity contribution in [1.82, 2.24) is 19.7 Å². The van der Waals surface area contributed by atoms with E-state index < -0.39 is 0 Å². The summed E-state index contributed by atoms with van der Waals surface area (Å²) in [6, 6.07) is 11.4. The second-order valence-corrected chi connectivity index (χ2v) is 5.06. The lowest BCUT2D eigenvalue weighted by atomic mass is 10.2. The Morgan fingerprint density at radius 1 is 1.24 bits per heavy atom. The van der Waals surface area contributed by atoms with E-state index in [0.29, 0.717) is 12.5 Å². The molecule has 2 aromatic heterocycles. The first kappa shape index (κ1) is 13.6. The fourth-order valence-electron chi connectivity index (χ4n) is 1.93. The van der Waals surface area contributed by atoms with Crippen LogP contribution in [0.1, 0.15) is 11.3 Å². The van der Waals surface area contributed by atoms with Crippen molar-refractivity contribution in [2.45, 2.75) is 13.5 Å². The molecule has 3 rings (SSSR count). The summed E-state index contributed by atoms with van der Waals surface area (Å²) in [5, 5.41) is 8.23. The van der Waals surface area contributed by atoms with E-state index in [0.717, 1.165) is 22.1 Å². The molecule has 0 spiro atoms. The van der Waals surface area contributed by atoms with E-state index in [1.807, 2.05) is 49.5 Å². The molecule has 5 nitrogen and oxygen atoms in total. The van der Waals surface area contributed by atoms with E-state index in [9.17, 15) is 0 Å². The number of halogens is 1. The zero-order valence-corrected chi connectivity index (χ0v) is 12.2. The lowest BCUT2D eigenvalue weighted by Crippen LogP contribution is -2.06. The van der Waals surface area contributed by atoms with Crippen LogP contribution < -0.4 is 5.32 Å². The van der Waals surface area contributed by atoms with Crippen LogP contribution in [0.15, 0.2) is 48.8 Å². The number of aromatic nitrogens is 4. The Morgan fingerprint density at radius 3 is 2.90 bits per heavy atom. The first-order valence-electron chi connectivity index (χ1n) is 6.55. The number of benzene rings is 1. The van der Waals surface area contributed by atoms with Crippen molar-refractivity contribution in [1.29, 1.82) is 0 Å². The largest absolute Gasteiger partial charge is 0.350 e. The van der Waals surface area contributed by atoms with Crippen LogP contribution in [0.5, 0.6) is 0 Å². The number of hydrogen-bond donors (Lipinski definition) is 1. The molecule has 0 amide bonds. The van der Waals surface area contributed by atoms with Crippen molar-refractivity contribution in [2.75, 3.05) is 5.32 Å². The van der Waals surface area contributed by atoms with Gasteiger partial charge in [-0.05, 0) is 30.7 Å². The highest BCUT2D eigenvalue weighted by molar-refractivity contribution is 6.30. The van der Waals surface area contributed by atoms with Gasteiger partial charge < -0.3 is 5.32 Å². The second-order valence-electron chi connectivity index (χ2n) is 4.62. The normalized spacial score (nSPS) is 10.6. The van der Waals surface area contributed by atoms with Crippen LogP contribution in [-0.2, 0) is 6.54 Å². The van der Waals surface area contributed by atoms with E-state index in [-0.39, 0.29) is 0 Å². The topological polar surface area (TPSA) is 55.6 Å². The lowest BCUT2D eigenvalue weighted by molar-refractivity contribution is 0.825. The van der Waals surface area contributed by atoms with Gasteiger partial charge >= 0.3 is 0 Å². The molecule has 0 fully saturated rings. The van der Waals surface area contributed by atoms with Crippen molar-refractivity contribution in [3.8, 4) is 5.82 Å². The molecule has 0 saturated heterocycles. The molecule has 1 N–H and O–H groups in total. The van der Waals surface area contributed by atoms with Gasteiger partial charge in [0.15, 0.2) is 5.82 Å². The third-order valence-corrected chi connectivity index (χ3v) is 3.17. The van der Waals surface area contributed by atoms with Gasteiger partial charge in [-0.1, -0.05) is 23.7 Å². The van der Waals surface area contributed by atoms with Crippen LogP contribution in [0.25, 0.3) is 5.82 Å². The number of aryl methyl sites for hydroxylation is 1. The smallest absolute Gasteiger partial charge is 0.224 e. The lowest BCUT2D eigenvalue weighted by Gasteiger charge is -2.07. The summed E-state index contributed by atoms with van der Waals surface area (Å²) < 4.78 is 1.72. The molecule has 106 valence electrons. The average molecular weight is 300 g/mol. The Hall–Kier alpha value is -2.40. The minimum absolute atomic E-state index is 0.556. The number of nitrogens with zero attached hydrogens (tertiary/aromatic N) is 4. The van der Waals surface area contributed by atoms with Crippen molar-refractivity contribution < 1.29 is 0 Å².